The summed E-state index contributed by atoms with van der Waals surface area (Å²) in [6.45, 7) is 6.42. The highest BCUT2D eigenvalue weighted by molar-refractivity contribution is 6.03. The number of carbonyl (C=O) groups excluding carboxylic acids is 2. The van der Waals surface area contributed by atoms with E-state index in [0.29, 0.717) is 35.0 Å². The number of esters is 1. The molecule has 7 nitrogen and oxygen atoms in total. The van der Waals surface area contributed by atoms with Gasteiger partial charge in [-0.1, -0.05) is 32.1 Å². The summed E-state index contributed by atoms with van der Waals surface area (Å²) in [6, 6.07) is 11.9. The highest BCUT2D eigenvalue weighted by Crippen LogP contribution is 2.33. The van der Waals surface area contributed by atoms with Gasteiger partial charge in [-0.2, -0.15) is 0 Å². The molecular weight excluding hydrogens is 398 g/mol. The first-order chi connectivity index (χ1) is 15.1. The van der Waals surface area contributed by atoms with Crippen LogP contribution in [0.5, 0.6) is 17.2 Å². The quantitative estimate of drug-likeness (QED) is 0.268. The number of benzene rings is 2. The third kappa shape index (κ3) is 6.12. The fourth-order valence-corrected chi connectivity index (χ4v) is 2.76. The number of carbonyl (C=O) groups is 2. The van der Waals surface area contributed by atoms with Crippen molar-refractivity contribution >= 4 is 18.0 Å². The van der Waals surface area contributed by atoms with Gasteiger partial charge in [0.05, 0.1) is 6.61 Å². The number of amides is 1. The van der Waals surface area contributed by atoms with Crippen molar-refractivity contribution in [2.24, 2.45) is 0 Å². The third-order valence-electron chi connectivity index (χ3n) is 4.39. The van der Waals surface area contributed by atoms with Crippen molar-refractivity contribution in [1.82, 2.24) is 5.32 Å². The van der Waals surface area contributed by atoms with Crippen LogP contribution < -0.4 is 19.5 Å². The van der Waals surface area contributed by atoms with Gasteiger partial charge in [0, 0.05) is 5.56 Å². The number of unbranched alkanes of at least 4 members (excludes halogenated alkanes) is 1. The first-order valence-electron chi connectivity index (χ1n) is 10.0. The molecule has 0 saturated carbocycles. The van der Waals surface area contributed by atoms with Crippen LogP contribution in [0.15, 0.2) is 60.8 Å². The van der Waals surface area contributed by atoms with Crippen molar-refractivity contribution in [2.45, 2.75) is 19.8 Å². The molecule has 2 aromatic carbocycles. The van der Waals surface area contributed by atoms with Gasteiger partial charge >= 0.3 is 5.97 Å². The average Bonchev–Trinajstić information content (AvgIpc) is 3.25. The molecule has 0 unspecified atom stereocenters. The summed E-state index contributed by atoms with van der Waals surface area (Å²) < 4.78 is 21.4. The first-order valence-corrected chi connectivity index (χ1v) is 10.0. The van der Waals surface area contributed by atoms with Gasteiger partial charge in [0.1, 0.15) is 18.1 Å². The third-order valence-corrected chi connectivity index (χ3v) is 4.39. The van der Waals surface area contributed by atoms with Gasteiger partial charge in [-0.3, -0.25) is 4.79 Å². The number of ether oxygens (including phenoxy) is 4. The van der Waals surface area contributed by atoms with Crippen molar-refractivity contribution < 1.29 is 28.5 Å². The van der Waals surface area contributed by atoms with Gasteiger partial charge in [0.2, 0.25) is 6.79 Å². The minimum absolute atomic E-state index is 0.00557. The second kappa shape index (κ2) is 10.9. The summed E-state index contributed by atoms with van der Waals surface area (Å²) in [5.41, 5.74) is 1.03. The highest BCUT2D eigenvalue weighted by atomic mass is 16.7. The summed E-state index contributed by atoms with van der Waals surface area (Å²) in [6.07, 6.45) is 4.98. The number of hydrogen-bond donors (Lipinski definition) is 1. The van der Waals surface area contributed by atoms with E-state index in [9.17, 15) is 9.59 Å². The van der Waals surface area contributed by atoms with E-state index in [4.69, 9.17) is 18.9 Å². The molecule has 1 aliphatic rings. The second-order valence-electron chi connectivity index (χ2n) is 6.74. The molecule has 1 N–H and O–H groups in total. The summed E-state index contributed by atoms with van der Waals surface area (Å²) >= 11 is 0. The SMILES string of the molecule is C=CCOC(=O)/C(=C\c1ccc2c(c1)OCO2)NC(=O)c1ccc(OCCCC)cc1. The van der Waals surface area contributed by atoms with Gasteiger partial charge in [-0.25, -0.2) is 4.79 Å². The number of rotatable bonds is 10. The van der Waals surface area contributed by atoms with Crippen molar-refractivity contribution in [3.05, 3.63) is 71.9 Å². The Morgan fingerprint density at radius 1 is 1.13 bits per heavy atom. The van der Waals surface area contributed by atoms with Crippen LogP contribution in [0.25, 0.3) is 6.08 Å². The largest absolute Gasteiger partial charge is 0.494 e. The van der Waals surface area contributed by atoms with Gasteiger partial charge in [0.25, 0.3) is 5.91 Å². The Hall–Kier alpha value is -3.74. The molecule has 0 atom stereocenters. The van der Waals surface area contributed by atoms with Crippen LogP contribution in [0, 0.1) is 0 Å². The van der Waals surface area contributed by atoms with E-state index >= 15 is 0 Å². The van der Waals surface area contributed by atoms with E-state index in [1.807, 2.05) is 0 Å². The monoisotopic (exact) mass is 423 g/mol. The van der Waals surface area contributed by atoms with Gasteiger partial charge in [0.15, 0.2) is 11.5 Å². The van der Waals surface area contributed by atoms with E-state index in [2.05, 4.69) is 18.8 Å². The fourth-order valence-electron chi connectivity index (χ4n) is 2.76. The number of hydrogen-bond acceptors (Lipinski definition) is 6. The van der Waals surface area contributed by atoms with E-state index in [1.54, 1.807) is 42.5 Å². The Morgan fingerprint density at radius 3 is 2.65 bits per heavy atom. The fraction of sp³-hybridized carbons (Fsp3) is 0.250. The minimum atomic E-state index is -0.676. The molecule has 7 heteroatoms. The topological polar surface area (TPSA) is 83.1 Å². The Morgan fingerprint density at radius 2 is 1.90 bits per heavy atom. The van der Waals surface area contributed by atoms with Gasteiger partial charge < -0.3 is 24.3 Å². The van der Waals surface area contributed by atoms with E-state index in [-0.39, 0.29) is 19.1 Å². The molecule has 31 heavy (non-hydrogen) atoms. The number of fused-ring (bicyclic) bond motifs is 1. The van der Waals surface area contributed by atoms with Crippen molar-refractivity contribution in [3.63, 3.8) is 0 Å². The zero-order valence-corrected chi connectivity index (χ0v) is 17.4. The first kappa shape index (κ1) is 22.0. The summed E-state index contributed by atoms with van der Waals surface area (Å²) in [5.74, 6) is 0.760. The molecule has 0 aliphatic carbocycles. The zero-order chi connectivity index (χ0) is 22.1. The summed E-state index contributed by atoms with van der Waals surface area (Å²) in [7, 11) is 0. The molecule has 0 aromatic heterocycles. The van der Waals surface area contributed by atoms with Crippen molar-refractivity contribution in [1.29, 1.82) is 0 Å². The van der Waals surface area contributed by atoms with Crippen LogP contribution in [0.3, 0.4) is 0 Å². The van der Waals surface area contributed by atoms with E-state index in [1.165, 1.54) is 12.2 Å². The molecule has 0 bridgehead atoms. The lowest BCUT2D eigenvalue weighted by atomic mass is 10.1. The molecule has 1 aliphatic heterocycles. The molecule has 3 rings (SSSR count). The Kier molecular flexibility index (Phi) is 7.70. The molecule has 1 heterocycles. The van der Waals surface area contributed by atoms with Crippen LogP contribution in [0.4, 0.5) is 0 Å². The molecule has 0 saturated heterocycles. The lowest BCUT2D eigenvalue weighted by Gasteiger charge is -2.11. The Labute approximate surface area is 181 Å². The van der Waals surface area contributed by atoms with E-state index in [0.717, 1.165) is 12.8 Å². The Bertz CT molecular complexity index is 965. The lowest BCUT2D eigenvalue weighted by molar-refractivity contribution is -0.138. The summed E-state index contributed by atoms with van der Waals surface area (Å²) in [4.78, 5) is 25.2. The predicted octanol–water partition coefficient (Wildman–Crippen LogP) is 4.09. The molecular formula is C24H25NO6. The molecule has 1 amide bonds. The van der Waals surface area contributed by atoms with Gasteiger partial charge in [-0.05, 0) is 54.5 Å². The van der Waals surface area contributed by atoms with Crippen LogP contribution in [0.1, 0.15) is 35.7 Å². The molecule has 2 aromatic rings. The minimum Gasteiger partial charge on any atom is -0.494 e. The van der Waals surface area contributed by atoms with Crippen LogP contribution in [0.2, 0.25) is 0 Å². The second-order valence-corrected chi connectivity index (χ2v) is 6.74. The maximum atomic E-state index is 12.7. The summed E-state index contributed by atoms with van der Waals surface area (Å²) in [5, 5.41) is 2.63. The lowest BCUT2D eigenvalue weighted by Crippen LogP contribution is -2.28. The Balaban J connectivity index is 1.75. The molecule has 162 valence electrons. The average molecular weight is 423 g/mol. The van der Waals surface area contributed by atoms with Crippen molar-refractivity contribution in [2.75, 3.05) is 20.0 Å². The molecule has 0 spiro atoms. The van der Waals surface area contributed by atoms with Crippen LogP contribution in [-0.4, -0.2) is 31.9 Å². The molecule has 0 radical (unpaired) electrons. The van der Waals surface area contributed by atoms with Gasteiger partial charge in [-0.15, -0.1) is 0 Å². The van der Waals surface area contributed by atoms with Crippen LogP contribution in [-0.2, 0) is 9.53 Å². The van der Waals surface area contributed by atoms with Crippen molar-refractivity contribution in [3.8, 4) is 17.2 Å². The van der Waals surface area contributed by atoms with E-state index < -0.39 is 11.9 Å². The smallest absolute Gasteiger partial charge is 0.355 e. The predicted molar refractivity (Wildman–Crippen MR) is 116 cm³/mol. The zero-order valence-electron chi connectivity index (χ0n) is 17.4. The highest BCUT2D eigenvalue weighted by Gasteiger charge is 2.18. The number of nitrogens with one attached hydrogen (secondary N) is 1. The van der Waals surface area contributed by atoms with Crippen LogP contribution >= 0.6 is 0 Å². The maximum Gasteiger partial charge on any atom is 0.355 e. The molecule has 0 fully saturated rings. The normalized spacial score (nSPS) is 12.2. The maximum absolute atomic E-state index is 12.7. The standard InChI is InChI=1S/C24H25NO6/c1-3-5-13-28-19-9-7-18(8-10-19)23(26)25-20(24(27)29-12-4-2)14-17-6-11-21-22(15-17)31-16-30-21/h4,6-11,14-15H,2-3,5,12-13,16H2,1H3,(H,25,26)/b20-14+.